The first-order chi connectivity index (χ1) is 11.8. The van der Waals surface area contributed by atoms with Crippen LogP contribution in [-0.4, -0.2) is 5.91 Å². The Hall–Kier alpha value is -2.77. The summed E-state index contributed by atoms with van der Waals surface area (Å²) in [6.45, 7) is 7.76. The number of nitrogens with one attached hydrogen (secondary N) is 2. The summed E-state index contributed by atoms with van der Waals surface area (Å²) in [7, 11) is 0. The van der Waals surface area contributed by atoms with Crippen LogP contribution in [0.4, 0.5) is 11.4 Å². The molecule has 1 amide bonds. The van der Waals surface area contributed by atoms with Crippen molar-refractivity contribution in [2.45, 2.75) is 27.7 Å². The SMILES string of the molecule is Cc1ccc(NC(=O)/C(C#N)=C\Nc2c(C)cc(C)cc2Cl)c(C)c1. The number of carbonyl (C=O) groups is 1. The van der Waals surface area contributed by atoms with Crippen molar-refractivity contribution in [3.05, 3.63) is 69.4 Å². The number of hydrogen-bond donors (Lipinski definition) is 2. The zero-order chi connectivity index (χ0) is 18.6. The Morgan fingerprint density at radius 2 is 1.76 bits per heavy atom. The number of carbonyl (C=O) groups excluding carboxylic acids is 1. The molecular weight excluding hydrogens is 334 g/mol. The molecule has 0 radical (unpaired) electrons. The number of benzene rings is 2. The Kier molecular flexibility index (Phi) is 5.84. The number of anilines is 2. The molecule has 0 saturated heterocycles. The third-order valence-electron chi connectivity index (χ3n) is 3.79. The van der Waals surface area contributed by atoms with E-state index in [9.17, 15) is 10.1 Å². The second-order valence-electron chi connectivity index (χ2n) is 6.03. The highest BCUT2D eigenvalue weighted by Crippen LogP contribution is 2.27. The van der Waals surface area contributed by atoms with Crippen molar-refractivity contribution in [3.63, 3.8) is 0 Å². The van der Waals surface area contributed by atoms with Gasteiger partial charge < -0.3 is 10.6 Å². The van der Waals surface area contributed by atoms with Gasteiger partial charge in [0.25, 0.3) is 5.91 Å². The smallest absolute Gasteiger partial charge is 0.267 e. The summed E-state index contributed by atoms with van der Waals surface area (Å²) in [6, 6.07) is 11.4. The fourth-order valence-electron chi connectivity index (χ4n) is 2.53. The number of amides is 1. The number of halogens is 1. The first-order valence-electron chi connectivity index (χ1n) is 7.84. The molecule has 0 aliphatic rings. The molecule has 0 heterocycles. The zero-order valence-electron chi connectivity index (χ0n) is 14.7. The lowest BCUT2D eigenvalue weighted by molar-refractivity contribution is -0.112. The van der Waals surface area contributed by atoms with Crippen molar-refractivity contribution in [2.24, 2.45) is 0 Å². The van der Waals surface area contributed by atoms with E-state index in [-0.39, 0.29) is 5.57 Å². The summed E-state index contributed by atoms with van der Waals surface area (Å²) < 4.78 is 0. The van der Waals surface area contributed by atoms with Gasteiger partial charge in [0.05, 0.1) is 10.7 Å². The topological polar surface area (TPSA) is 64.9 Å². The Morgan fingerprint density at radius 3 is 2.36 bits per heavy atom. The molecule has 0 atom stereocenters. The Labute approximate surface area is 153 Å². The standard InChI is InChI=1S/C20H20ClN3O/c1-12-5-6-18(14(3)7-12)24-20(25)16(10-22)11-23-19-15(4)8-13(2)9-17(19)21/h5-9,11,23H,1-4H3,(H,24,25)/b16-11-. The normalized spacial score (nSPS) is 11.0. The lowest BCUT2D eigenvalue weighted by Crippen LogP contribution is -2.15. The zero-order valence-corrected chi connectivity index (χ0v) is 15.5. The minimum Gasteiger partial charge on any atom is -0.359 e. The van der Waals surface area contributed by atoms with Gasteiger partial charge in [-0.2, -0.15) is 5.26 Å². The molecule has 2 aromatic rings. The summed E-state index contributed by atoms with van der Waals surface area (Å²) in [5.41, 5.74) is 5.36. The van der Waals surface area contributed by atoms with Gasteiger partial charge in [-0.25, -0.2) is 0 Å². The Bertz CT molecular complexity index is 871. The van der Waals surface area contributed by atoms with Gasteiger partial charge in [-0.1, -0.05) is 35.4 Å². The number of nitriles is 1. The molecule has 0 aromatic heterocycles. The third-order valence-corrected chi connectivity index (χ3v) is 4.09. The van der Waals surface area contributed by atoms with Crippen LogP contribution < -0.4 is 10.6 Å². The van der Waals surface area contributed by atoms with E-state index in [1.54, 1.807) is 0 Å². The van der Waals surface area contributed by atoms with Gasteiger partial charge >= 0.3 is 0 Å². The molecule has 0 aliphatic carbocycles. The summed E-state index contributed by atoms with van der Waals surface area (Å²) in [4.78, 5) is 12.4. The Morgan fingerprint density at radius 1 is 1.08 bits per heavy atom. The maximum absolute atomic E-state index is 12.4. The van der Waals surface area contributed by atoms with E-state index in [4.69, 9.17) is 11.6 Å². The fourth-order valence-corrected chi connectivity index (χ4v) is 2.91. The first-order valence-corrected chi connectivity index (χ1v) is 8.21. The number of hydrogen-bond acceptors (Lipinski definition) is 3. The van der Waals surface area contributed by atoms with Crippen molar-refractivity contribution < 1.29 is 4.79 Å². The van der Waals surface area contributed by atoms with Crippen LogP contribution in [0.2, 0.25) is 5.02 Å². The maximum Gasteiger partial charge on any atom is 0.267 e. The van der Waals surface area contributed by atoms with Crippen molar-refractivity contribution >= 4 is 28.9 Å². The van der Waals surface area contributed by atoms with Crippen LogP contribution in [0.5, 0.6) is 0 Å². The minimum atomic E-state index is -0.470. The molecule has 128 valence electrons. The van der Waals surface area contributed by atoms with E-state index < -0.39 is 5.91 Å². The molecule has 4 nitrogen and oxygen atoms in total. The number of nitrogens with zero attached hydrogens (tertiary/aromatic N) is 1. The van der Waals surface area contributed by atoms with Crippen molar-refractivity contribution in [1.29, 1.82) is 5.26 Å². The van der Waals surface area contributed by atoms with Gasteiger partial charge in [0.1, 0.15) is 11.6 Å². The summed E-state index contributed by atoms with van der Waals surface area (Å²) in [6.07, 6.45) is 1.38. The molecule has 0 unspecified atom stereocenters. The van der Waals surface area contributed by atoms with E-state index in [1.807, 2.05) is 64.1 Å². The molecule has 0 aliphatic heterocycles. The predicted octanol–water partition coefficient (Wildman–Crippen LogP) is 5.03. The van der Waals surface area contributed by atoms with E-state index in [0.717, 1.165) is 22.3 Å². The van der Waals surface area contributed by atoms with Gasteiger partial charge in [0.2, 0.25) is 0 Å². The summed E-state index contributed by atoms with van der Waals surface area (Å²) in [5.74, 6) is -0.470. The second-order valence-corrected chi connectivity index (χ2v) is 6.43. The highest BCUT2D eigenvalue weighted by molar-refractivity contribution is 6.33. The van der Waals surface area contributed by atoms with Gasteiger partial charge in [-0.05, 0) is 56.5 Å². The van der Waals surface area contributed by atoms with Crippen molar-refractivity contribution in [3.8, 4) is 6.07 Å². The molecular formula is C20H20ClN3O. The molecule has 2 N–H and O–H groups in total. The lowest BCUT2D eigenvalue weighted by atomic mass is 10.1. The van der Waals surface area contributed by atoms with Gasteiger partial charge in [0, 0.05) is 11.9 Å². The van der Waals surface area contributed by atoms with E-state index in [1.165, 1.54) is 6.20 Å². The lowest BCUT2D eigenvalue weighted by Gasteiger charge is -2.11. The van der Waals surface area contributed by atoms with Crippen LogP contribution >= 0.6 is 11.6 Å². The Balaban J connectivity index is 2.20. The van der Waals surface area contributed by atoms with Crippen LogP contribution in [0.15, 0.2) is 42.1 Å². The van der Waals surface area contributed by atoms with Crippen LogP contribution in [-0.2, 0) is 4.79 Å². The molecule has 2 rings (SSSR count). The third kappa shape index (κ3) is 4.62. The average molecular weight is 354 g/mol. The molecule has 5 heteroatoms. The van der Waals surface area contributed by atoms with Crippen LogP contribution in [0.1, 0.15) is 22.3 Å². The molecule has 0 bridgehead atoms. The largest absolute Gasteiger partial charge is 0.359 e. The second kappa shape index (κ2) is 7.87. The molecule has 0 spiro atoms. The van der Waals surface area contributed by atoms with Gasteiger partial charge in [-0.3, -0.25) is 4.79 Å². The molecule has 2 aromatic carbocycles. The fraction of sp³-hybridized carbons (Fsp3) is 0.200. The quantitative estimate of drug-likeness (QED) is 0.598. The average Bonchev–Trinajstić information content (AvgIpc) is 2.52. The van der Waals surface area contributed by atoms with Crippen molar-refractivity contribution in [2.75, 3.05) is 10.6 Å². The monoisotopic (exact) mass is 353 g/mol. The summed E-state index contributed by atoms with van der Waals surface area (Å²) >= 11 is 6.23. The maximum atomic E-state index is 12.4. The van der Waals surface area contributed by atoms with Gasteiger partial charge in [-0.15, -0.1) is 0 Å². The highest BCUT2D eigenvalue weighted by atomic mass is 35.5. The minimum absolute atomic E-state index is 0.0315. The highest BCUT2D eigenvalue weighted by Gasteiger charge is 2.12. The van der Waals surface area contributed by atoms with E-state index in [0.29, 0.717) is 16.4 Å². The van der Waals surface area contributed by atoms with Crippen LogP contribution in [0.3, 0.4) is 0 Å². The van der Waals surface area contributed by atoms with Crippen LogP contribution in [0.25, 0.3) is 0 Å². The first kappa shape index (κ1) is 18.6. The molecule has 0 saturated carbocycles. The molecule has 0 fully saturated rings. The van der Waals surface area contributed by atoms with Gasteiger partial charge in [0.15, 0.2) is 0 Å². The van der Waals surface area contributed by atoms with E-state index >= 15 is 0 Å². The predicted molar refractivity (Wildman–Crippen MR) is 103 cm³/mol. The molecule has 25 heavy (non-hydrogen) atoms. The van der Waals surface area contributed by atoms with Crippen LogP contribution in [0, 0.1) is 39.0 Å². The number of aryl methyl sites for hydroxylation is 4. The summed E-state index contributed by atoms with van der Waals surface area (Å²) in [5, 5.41) is 15.6. The van der Waals surface area contributed by atoms with E-state index in [2.05, 4.69) is 10.6 Å². The van der Waals surface area contributed by atoms with Crippen molar-refractivity contribution in [1.82, 2.24) is 0 Å². The number of rotatable bonds is 4.